The molecule has 1 amide bonds. The topological polar surface area (TPSA) is 58.6 Å². The smallest absolute Gasteiger partial charge is 0.228 e. The Hall–Kier alpha value is -2.38. The summed E-state index contributed by atoms with van der Waals surface area (Å²) >= 11 is 0. The van der Waals surface area contributed by atoms with Crippen molar-refractivity contribution in [3.05, 3.63) is 59.9 Å². The van der Waals surface area contributed by atoms with Crippen molar-refractivity contribution in [3.8, 4) is 0 Å². The molecule has 0 spiro atoms. The first-order valence-electron chi connectivity index (χ1n) is 8.82. The van der Waals surface area contributed by atoms with E-state index < -0.39 is 5.82 Å². The van der Waals surface area contributed by atoms with E-state index in [0.717, 1.165) is 24.8 Å². The number of likely N-dealkylation sites (tertiary alicyclic amines) is 1. The third-order valence-corrected chi connectivity index (χ3v) is 5.00. The van der Waals surface area contributed by atoms with Gasteiger partial charge in [0.2, 0.25) is 5.91 Å². The van der Waals surface area contributed by atoms with Crippen LogP contribution in [-0.2, 0) is 22.5 Å². The summed E-state index contributed by atoms with van der Waals surface area (Å²) in [6.45, 7) is 3.56. The van der Waals surface area contributed by atoms with E-state index in [0.29, 0.717) is 25.4 Å². The first-order valence-corrected chi connectivity index (χ1v) is 8.82. The van der Waals surface area contributed by atoms with Gasteiger partial charge in [-0.1, -0.05) is 6.07 Å². The van der Waals surface area contributed by atoms with Crippen molar-refractivity contribution in [1.29, 1.82) is 0 Å². The van der Waals surface area contributed by atoms with Gasteiger partial charge in [-0.15, -0.1) is 0 Å². The van der Waals surface area contributed by atoms with E-state index in [2.05, 4.69) is 20.9 Å². The summed E-state index contributed by atoms with van der Waals surface area (Å²) in [4.78, 5) is 25.0. The maximum Gasteiger partial charge on any atom is 0.228 e. The number of ether oxygens (including phenoxy) is 1. The second-order valence-electron chi connectivity index (χ2n) is 6.75. The molecule has 2 aromatic rings. The Kier molecular flexibility index (Phi) is 4.90. The predicted molar refractivity (Wildman–Crippen MR) is 92.7 cm³/mol. The van der Waals surface area contributed by atoms with Gasteiger partial charge in [0, 0.05) is 44.3 Å². The van der Waals surface area contributed by atoms with E-state index in [1.807, 2.05) is 17.2 Å². The third kappa shape index (κ3) is 3.73. The van der Waals surface area contributed by atoms with Gasteiger partial charge in [0.05, 0.1) is 31.4 Å². The fraction of sp³-hybridized carbons (Fsp3) is 0.421. The molecule has 2 aromatic heterocycles. The summed E-state index contributed by atoms with van der Waals surface area (Å²) in [5.41, 5.74) is 1.74. The summed E-state index contributed by atoms with van der Waals surface area (Å²) in [6, 6.07) is 7.08. The number of hydrogen-bond acceptors (Lipinski definition) is 5. The second-order valence-corrected chi connectivity index (χ2v) is 6.75. The summed E-state index contributed by atoms with van der Waals surface area (Å²) in [7, 11) is 0. The van der Waals surface area contributed by atoms with Crippen LogP contribution in [0.2, 0.25) is 0 Å². The Morgan fingerprint density at radius 2 is 2.19 bits per heavy atom. The monoisotopic (exact) mass is 356 g/mol. The van der Waals surface area contributed by atoms with Crippen molar-refractivity contribution in [2.24, 2.45) is 0 Å². The zero-order valence-electron chi connectivity index (χ0n) is 14.4. The lowest BCUT2D eigenvalue weighted by molar-refractivity contribution is -0.130. The number of aromatic nitrogens is 2. The van der Waals surface area contributed by atoms with Crippen LogP contribution in [0.25, 0.3) is 0 Å². The molecule has 0 saturated carbocycles. The number of rotatable bonds is 4. The van der Waals surface area contributed by atoms with Crippen LogP contribution in [0.1, 0.15) is 11.3 Å². The lowest BCUT2D eigenvalue weighted by atomic mass is 10.1. The molecular weight excluding hydrogens is 335 g/mol. The number of hydrogen-bond donors (Lipinski definition) is 0. The van der Waals surface area contributed by atoms with Crippen LogP contribution in [0.5, 0.6) is 0 Å². The molecule has 26 heavy (non-hydrogen) atoms. The molecule has 0 bridgehead atoms. The highest BCUT2D eigenvalue weighted by Gasteiger charge is 2.41. The summed E-state index contributed by atoms with van der Waals surface area (Å²) < 4.78 is 18.9. The Morgan fingerprint density at radius 3 is 2.96 bits per heavy atom. The number of carbonyl (C=O) groups is 1. The quantitative estimate of drug-likeness (QED) is 0.826. The second kappa shape index (κ2) is 7.47. The fourth-order valence-corrected chi connectivity index (χ4v) is 3.66. The van der Waals surface area contributed by atoms with Crippen molar-refractivity contribution in [1.82, 2.24) is 19.8 Å². The van der Waals surface area contributed by atoms with Gasteiger partial charge in [-0.25, -0.2) is 4.39 Å². The minimum absolute atomic E-state index is 0.00318. The maximum atomic E-state index is 13.0. The largest absolute Gasteiger partial charge is 0.373 e. The zero-order chi connectivity index (χ0) is 17.9. The summed E-state index contributed by atoms with van der Waals surface area (Å²) in [6.07, 6.45) is 5.01. The number of fused-ring (bicyclic) bond motifs is 1. The SMILES string of the molecule is O=C(Cc1ccc(F)cn1)N1C[C@@H]2OCCN(Cc3cccnc3)[C@@H]2C1. The average molecular weight is 356 g/mol. The summed E-state index contributed by atoms with van der Waals surface area (Å²) in [5, 5.41) is 0. The zero-order valence-corrected chi connectivity index (χ0v) is 14.4. The number of nitrogens with zero attached hydrogens (tertiary/aromatic N) is 4. The van der Waals surface area contributed by atoms with E-state index in [4.69, 9.17) is 4.74 Å². The van der Waals surface area contributed by atoms with Crippen LogP contribution < -0.4 is 0 Å². The van der Waals surface area contributed by atoms with E-state index in [1.54, 1.807) is 12.3 Å². The normalized spacial score (nSPS) is 23.0. The molecule has 0 aromatic carbocycles. The molecule has 0 radical (unpaired) electrons. The number of halogens is 1. The van der Waals surface area contributed by atoms with Crippen molar-refractivity contribution in [2.45, 2.75) is 25.1 Å². The van der Waals surface area contributed by atoms with Gasteiger partial charge in [0.15, 0.2) is 0 Å². The minimum atomic E-state index is -0.396. The molecule has 136 valence electrons. The standard InChI is InChI=1S/C19H21FN4O2/c20-15-3-4-16(22-10-15)8-19(25)24-12-17-18(13-24)26-7-6-23(17)11-14-2-1-5-21-9-14/h1-5,9-10,17-18H,6-8,11-13H2/t17-,18+/m1/s1. The molecule has 0 N–H and O–H groups in total. The van der Waals surface area contributed by atoms with E-state index >= 15 is 0 Å². The van der Waals surface area contributed by atoms with Gasteiger partial charge in [0.1, 0.15) is 5.82 Å². The van der Waals surface area contributed by atoms with Crippen LogP contribution in [0.3, 0.4) is 0 Å². The lowest BCUT2D eigenvalue weighted by Gasteiger charge is -2.36. The maximum absolute atomic E-state index is 13.0. The molecule has 0 aliphatic carbocycles. The molecule has 2 saturated heterocycles. The number of carbonyl (C=O) groups excluding carboxylic acids is 1. The molecule has 2 fully saturated rings. The highest BCUT2D eigenvalue weighted by molar-refractivity contribution is 5.78. The molecule has 0 unspecified atom stereocenters. The van der Waals surface area contributed by atoms with Crippen LogP contribution >= 0.6 is 0 Å². The number of morpholine rings is 1. The molecule has 6 nitrogen and oxygen atoms in total. The summed E-state index contributed by atoms with van der Waals surface area (Å²) in [5.74, 6) is -0.392. The molecule has 4 heterocycles. The van der Waals surface area contributed by atoms with Crippen molar-refractivity contribution in [3.63, 3.8) is 0 Å². The van der Waals surface area contributed by atoms with Crippen LogP contribution in [0.15, 0.2) is 42.9 Å². The fourth-order valence-electron chi connectivity index (χ4n) is 3.66. The molecule has 7 heteroatoms. The van der Waals surface area contributed by atoms with Gasteiger partial charge in [-0.3, -0.25) is 19.7 Å². The number of pyridine rings is 2. The van der Waals surface area contributed by atoms with E-state index in [-0.39, 0.29) is 24.5 Å². The molecule has 2 aliphatic rings. The first-order chi connectivity index (χ1) is 12.7. The van der Waals surface area contributed by atoms with Crippen molar-refractivity contribution in [2.75, 3.05) is 26.2 Å². The van der Waals surface area contributed by atoms with Gasteiger partial charge >= 0.3 is 0 Å². The average Bonchev–Trinajstić information content (AvgIpc) is 3.10. The van der Waals surface area contributed by atoms with Gasteiger partial charge in [-0.05, 0) is 23.8 Å². The molecule has 4 rings (SSSR count). The van der Waals surface area contributed by atoms with Gasteiger partial charge < -0.3 is 9.64 Å². The van der Waals surface area contributed by atoms with Crippen LogP contribution in [0.4, 0.5) is 4.39 Å². The third-order valence-electron chi connectivity index (χ3n) is 5.00. The lowest BCUT2D eigenvalue weighted by Crippen LogP contribution is -2.50. The van der Waals surface area contributed by atoms with E-state index in [1.165, 1.54) is 6.07 Å². The molecule has 2 aliphatic heterocycles. The Bertz CT molecular complexity index is 756. The first kappa shape index (κ1) is 17.1. The minimum Gasteiger partial charge on any atom is -0.373 e. The Labute approximate surface area is 151 Å². The van der Waals surface area contributed by atoms with Gasteiger partial charge in [-0.2, -0.15) is 0 Å². The number of amides is 1. The molecular formula is C19H21FN4O2. The van der Waals surface area contributed by atoms with E-state index in [9.17, 15) is 9.18 Å². The highest BCUT2D eigenvalue weighted by Crippen LogP contribution is 2.25. The van der Waals surface area contributed by atoms with Crippen LogP contribution in [-0.4, -0.2) is 64.1 Å². The predicted octanol–water partition coefficient (Wildman–Crippen LogP) is 1.27. The van der Waals surface area contributed by atoms with Crippen molar-refractivity contribution < 1.29 is 13.9 Å². The van der Waals surface area contributed by atoms with Crippen LogP contribution in [0, 0.1) is 5.82 Å². The Balaban J connectivity index is 1.40. The Morgan fingerprint density at radius 1 is 1.27 bits per heavy atom. The van der Waals surface area contributed by atoms with Crippen molar-refractivity contribution >= 4 is 5.91 Å². The molecule has 2 atom stereocenters. The van der Waals surface area contributed by atoms with Gasteiger partial charge in [0.25, 0.3) is 0 Å². The highest BCUT2D eigenvalue weighted by atomic mass is 19.1.